The number of amides is 1. The minimum Gasteiger partial charge on any atom is -0.394 e. The highest BCUT2D eigenvalue weighted by Crippen LogP contribution is 2.26. The lowest BCUT2D eigenvalue weighted by atomic mass is 9.99. The third-order valence-corrected chi connectivity index (χ3v) is 12.2. The quantitative estimate of drug-likeness (QED) is 0.0194. The third kappa shape index (κ3) is 32.0. The Balaban J connectivity index is 2.47. The van der Waals surface area contributed by atoms with Gasteiger partial charge in [-0.2, -0.15) is 8.42 Å². The monoisotopic (exact) mass is 890 g/mol. The van der Waals surface area contributed by atoms with Gasteiger partial charge in [0.1, 0.15) is 24.4 Å². The summed E-state index contributed by atoms with van der Waals surface area (Å²) in [7, 11) is -5.08. The predicted octanol–water partition coefficient (Wildman–Crippen LogP) is 10.1. The molecule has 1 aliphatic rings. The maximum absolute atomic E-state index is 13.0. The van der Waals surface area contributed by atoms with Crippen molar-refractivity contribution in [1.29, 1.82) is 0 Å². The lowest BCUT2D eigenvalue weighted by molar-refractivity contribution is -0.298. The number of unbranched alkanes of at least 4 members (excludes halogenated alkanes) is 28. The summed E-state index contributed by atoms with van der Waals surface area (Å²) in [6.45, 7) is 3.39. The third-order valence-electron chi connectivity index (χ3n) is 11.7. The number of rotatable bonds is 42. The van der Waals surface area contributed by atoms with E-state index in [1.807, 2.05) is 6.08 Å². The Hall–Kier alpha value is -1.42. The van der Waals surface area contributed by atoms with Gasteiger partial charge in [0.15, 0.2) is 6.29 Å². The van der Waals surface area contributed by atoms with E-state index in [0.29, 0.717) is 6.42 Å². The maximum Gasteiger partial charge on any atom is 0.397 e. The van der Waals surface area contributed by atoms with Gasteiger partial charge in [0.2, 0.25) is 5.91 Å². The van der Waals surface area contributed by atoms with Crippen molar-refractivity contribution in [1.82, 2.24) is 5.32 Å². The number of carbonyl (C=O) groups is 1. The Morgan fingerprint density at radius 3 is 1.48 bits per heavy atom. The molecule has 1 amide bonds. The summed E-state index contributed by atoms with van der Waals surface area (Å²) in [4.78, 5) is 13.0. The fourth-order valence-electron chi connectivity index (χ4n) is 7.86. The van der Waals surface area contributed by atoms with E-state index in [9.17, 15) is 38.2 Å². The van der Waals surface area contributed by atoms with Gasteiger partial charge in [-0.3, -0.25) is 9.35 Å². The Morgan fingerprint density at radius 1 is 0.639 bits per heavy atom. The lowest BCUT2D eigenvalue weighted by Gasteiger charge is -2.41. The number of allylic oxidation sites excluding steroid dienone is 3. The van der Waals surface area contributed by atoms with Crippen molar-refractivity contribution in [3.63, 3.8) is 0 Å². The van der Waals surface area contributed by atoms with E-state index in [1.165, 1.54) is 148 Å². The normalized spacial score (nSPS) is 20.8. The summed E-state index contributed by atoms with van der Waals surface area (Å²) in [6, 6.07) is -0.943. The van der Waals surface area contributed by atoms with Crippen LogP contribution >= 0.6 is 0 Å². The number of nitrogens with one attached hydrogen (secondary N) is 1. The molecule has 1 rings (SSSR count). The van der Waals surface area contributed by atoms with Gasteiger partial charge in [0, 0.05) is 6.42 Å². The molecule has 1 fully saturated rings. The molecule has 6 N–H and O–H groups in total. The van der Waals surface area contributed by atoms with Gasteiger partial charge in [0.05, 0.1) is 25.4 Å². The summed E-state index contributed by atoms with van der Waals surface area (Å²) in [6.07, 6.45) is 36.4. The zero-order valence-corrected chi connectivity index (χ0v) is 39.3. The minimum atomic E-state index is -5.08. The number of aliphatic hydroxyl groups excluding tert-OH is 4. The molecule has 0 aromatic heterocycles. The van der Waals surface area contributed by atoms with Crippen LogP contribution in [0, 0.1) is 0 Å². The molecular formula is C48H91NO11S. The van der Waals surface area contributed by atoms with E-state index < -0.39 is 59.9 Å². The van der Waals surface area contributed by atoms with Crippen LogP contribution in [0.3, 0.4) is 0 Å². The van der Waals surface area contributed by atoms with Crippen molar-refractivity contribution in [3.8, 4) is 0 Å². The van der Waals surface area contributed by atoms with E-state index >= 15 is 0 Å². The fourth-order valence-corrected chi connectivity index (χ4v) is 8.37. The van der Waals surface area contributed by atoms with Gasteiger partial charge in [-0.15, -0.1) is 0 Å². The Morgan fingerprint density at radius 2 is 1.05 bits per heavy atom. The van der Waals surface area contributed by atoms with Gasteiger partial charge >= 0.3 is 10.4 Å². The molecule has 1 saturated heterocycles. The molecule has 360 valence electrons. The van der Waals surface area contributed by atoms with Crippen molar-refractivity contribution in [2.45, 2.75) is 262 Å². The second-order valence-corrected chi connectivity index (χ2v) is 18.4. The van der Waals surface area contributed by atoms with E-state index in [-0.39, 0.29) is 18.9 Å². The molecule has 0 aromatic rings. The number of carbonyl (C=O) groups excluding carboxylic acids is 1. The van der Waals surface area contributed by atoms with Crippen LogP contribution < -0.4 is 5.32 Å². The highest BCUT2D eigenvalue weighted by Gasteiger charge is 2.48. The first-order valence-corrected chi connectivity index (χ1v) is 26.1. The van der Waals surface area contributed by atoms with Gasteiger partial charge in [-0.25, -0.2) is 4.18 Å². The van der Waals surface area contributed by atoms with Crippen molar-refractivity contribution in [2.75, 3.05) is 13.2 Å². The summed E-state index contributed by atoms with van der Waals surface area (Å²) >= 11 is 0. The summed E-state index contributed by atoms with van der Waals surface area (Å²) in [5, 5.41) is 44.7. The van der Waals surface area contributed by atoms with Crippen molar-refractivity contribution >= 4 is 16.3 Å². The Labute approximate surface area is 372 Å². The molecule has 61 heavy (non-hydrogen) atoms. The molecule has 0 bridgehead atoms. The highest BCUT2D eigenvalue weighted by molar-refractivity contribution is 7.80. The fraction of sp³-hybridized carbons (Fsp3) is 0.896. The van der Waals surface area contributed by atoms with Gasteiger partial charge in [-0.05, 0) is 44.9 Å². The zero-order chi connectivity index (χ0) is 44.8. The molecule has 0 saturated carbocycles. The first-order chi connectivity index (χ1) is 29.5. The summed E-state index contributed by atoms with van der Waals surface area (Å²) in [5.41, 5.74) is 0. The summed E-state index contributed by atoms with van der Waals surface area (Å²) < 4.78 is 47.6. The van der Waals surface area contributed by atoms with Crippen LogP contribution in [0.25, 0.3) is 0 Å². The molecule has 1 heterocycles. The van der Waals surface area contributed by atoms with E-state index in [0.717, 1.165) is 44.9 Å². The average Bonchev–Trinajstić information content (AvgIpc) is 3.23. The number of aliphatic hydroxyl groups is 4. The van der Waals surface area contributed by atoms with Crippen molar-refractivity contribution in [3.05, 3.63) is 24.3 Å². The minimum absolute atomic E-state index is 0.265. The number of hydrogen-bond donors (Lipinski definition) is 6. The topological polar surface area (TPSA) is 192 Å². The Kier molecular flexibility index (Phi) is 36.8. The molecule has 0 radical (unpaired) electrons. The second kappa shape index (κ2) is 39.0. The zero-order valence-electron chi connectivity index (χ0n) is 38.5. The largest absolute Gasteiger partial charge is 0.397 e. The van der Waals surface area contributed by atoms with Gasteiger partial charge < -0.3 is 35.2 Å². The van der Waals surface area contributed by atoms with Crippen molar-refractivity contribution < 1.29 is 51.8 Å². The standard InChI is InChI=1S/C48H91NO11S/c1-3-5-7-9-11-13-15-17-19-20-21-22-23-24-26-28-30-32-34-36-38-44(52)49-41(40-58-48-46(54)47(60-61(55,56)57)45(53)43(39-50)59-48)42(51)37-35-33-31-29-27-25-18-16-14-12-10-8-6-4-2/h21-22,35,37,41-43,45-48,50-51,53-54H,3-20,23-34,36,38-40H2,1-2H3,(H,49,52)(H,55,56,57)/b22-21-,37-35+. The number of ether oxygens (including phenoxy) is 2. The van der Waals surface area contributed by atoms with Crippen LogP contribution in [0.15, 0.2) is 24.3 Å². The second-order valence-electron chi connectivity index (χ2n) is 17.4. The highest BCUT2D eigenvalue weighted by atomic mass is 32.3. The van der Waals surface area contributed by atoms with Gasteiger partial charge in [0.25, 0.3) is 0 Å². The van der Waals surface area contributed by atoms with Crippen LogP contribution in [0.2, 0.25) is 0 Å². The van der Waals surface area contributed by atoms with Crippen LogP contribution in [0.1, 0.15) is 219 Å². The smallest absolute Gasteiger partial charge is 0.394 e. The van der Waals surface area contributed by atoms with E-state index in [2.05, 4.69) is 35.5 Å². The molecule has 0 aromatic carbocycles. The molecule has 0 spiro atoms. The van der Waals surface area contributed by atoms with E-state index in [1.54, 1.807) is 6.08 Å². The first kappa shape index (κ1) is 57.6. The molecule has 0 aliphatic carbocycles. The first-order valence-electron chi connectivity index (χ1n) is 24.7. The molecule has 13 heteroatoms. The lowest BCUT2D eigenvalue weighted by Crippen LogP contribution is -2.61. The van der Waals surface area contributed by atoms with Crippen LogP contribution in [-0.4, -0.2) is 95.4 Å². The van der Waals surface area contributed by atoms with Crippen LogP contribution in [0.4, 0.5) is 0 Å². The summed E-state index contributed by atoms with van der Waals surface area (Å²) in [5.74, 6) is -0.266. The van der Waals surface area contributed by atoms with Crippen LogP contribution in [0.5, 0.6) is 0 Å². The Bertz CT molecular complexity index is 1190. The van der Waals surface area contributed by atoms with Crippen molar-refractivity contribution in [2.24, 2.45) is 0 Å². The molecule has 12 nitrogen and oxygen atoms in total. The molecule has 7 atom stereocenters. The maximum atomic E-state index is 13.0. The SMILES string of the molecule is CCCCCCCCCCC/C=C\CCCCCCCCCC(=O)NC(COC1OC(CO)C(O)C(OS(=O)(=O)O)C1O)C(O)/C=C/CCCCCCCCCCCCCC. The molecule has 1 aliphatic heterocycles. The van der Waals surface area contributed by atoms with E-state index in [4.69, 9.17) is 9.47 Å². The number of hydrogen-bond acceptors (Lipinski definition) is 10. The molecular weight excluding hydrogens is 799 g/mol. The predicted molar refractivity (Wildman–Crippen MR) is 245 cm³/mol. The van der Waals surface area contributed by atoms with Crippen LogP contribution in [-0.2, 0) is 28.9 Å². The van der Waals surface area contributed by atoms with Gasteiger partial charge in [-0.1, -0.05) is 192 Å². The average molecular weight is 890 g/mol. The molecule has 7 unspecified atom stereocenters.